The fourth-order valence-electron chi connectivity index (χ4n) is 14.4. The number of ether oxygens (including phenoxy) is 6. The molecule has 0 bridgehead atoms. The fourth-order valence-corrected chi connectivity index (χ4v) is 14.4. The third-order valence-electron chi connectivity index (χ3n) is 22.3. The van der Waals surface area contributed by atoms with E-state index >= 15 is 0 Å². The van der Waals surface area contributed by atoms with Crippen LogP contribution in [0.2, 0.25) is 0 Å². The lowest BCUT2D eigenvalue weighted by Gasteiger charge is -2.40. The van der Waals surface area contributed by atoms with E-state index in [0.29, 0.717) is 37.8 Å². The number of aliphatic carboxylic acids is 6. The van der Waals surface area contributed by atoms with Gasteiger partial charge in [-0.3, -0.25) is 105 Å². The number of methoxy groups -OCH3 is 1. The zero-order valence-corrected chi connectivity index (χ0v) is 81.4. The molecular formula is C89H138F2N14O39. The molecule has 144 heavy (non-hydrogen) atoms. The molecule has 55 heteroatoms. The van der Waals surface area contributed by atoms with Crippen molar-refractivity contribution in [2.24, 2.45) is 47.2 Å². The number of alkyl halides is 2. The number of aromatic nitrogens is 6. The average molecular weight is 2060 g/mol. The summed E-state index contributed by atoms with van der Waals surface area (Å²) >= 11 is 0. The van der Waals surface area contributed by atoms with E-state index in [2.05, 4.69) is 57.8 Å². The van der Waals surface area contributed by atoms with Crippen LogP contribution in [0, 0.1) is 41.4 Å². The highest BCUT2D eigenvalue weighted by atomic mass is 18.2. The summed E-state index contributed by atoms with van der Waals surface area (Å²) in [6.45, 7) is 10.4. The summed E-state index contributed by atoms with van der Waals surface area (Å²) in [7, 11) is 1.56. The SMILES string of the molecule is CC(C)[C@H](CC(=O)[C@H](CCC(=O)O)NC(=O)[C@H](CC(=O)O)CC(=O)C1OC(CNC(=O)Cn2cc(CCC[18F])nn2)C(O)C(O)C1O)C(=O)N[C@@H](CC(=O)O)C(=O)CCC(N)=O.CCCC(C)=O.COCCOCCOCCOCCNC(=O)[C@H](C)CC(=O)[C@H](CC(=O)O)NC(=O)[C@@H](CC(=O)[C@H](CCC(=O)O)NC(=O)[C@H](CC(=O)O)CC(=O)C1OC(CNC(=O)Cn2cc(CCC[18F])nn2)C(O)C(O)C1O)C(C)C. The predicted octanol–water partition coefficient (Wildman–Crippen LogP) is -4.91. The number of rotatable bonds is 72. The standard InChI is InChI=1S/C47H74FN7O21.C37H54FN7O17.C5H10O/c1-26(2)30(47(71)52-32(22-40(64)65)33(56)18-27(3)45(69)49-10-11-73-14-15-75-17-16-74-13-12-72-4)21-34(57)31(7-8-38(60)61)51-46(70)28(20-39(62)63)19-35(58)44-43(68)42(67)41(66)36(76-44)23-50-37(59)25-55-24-29(53-54-55)6-5-9-48;1-17(2)20(37(61)42-22(13-31(55)56)23(46)6-7-27(39)49)12-24(47)21(5-8-29(51)52)41-36(60)18(11-30(53)54)10-25(48)35-34(59)33(58)32(57)26(62-35)14-40-28(50)16-45-15-19(43-44-45)4-3-9-38;1-3-4-5(2)6/h24,26-28,30-32,36,41-44,66-68H,5-23,25H2,1-4H3,(H,49,69)(H,50,59)(H,51,70)(H,52,71)(H,60,61)(H,62,63)(H,64,65);15,17-18,20-22,26,32-35,57-59H,3-14,16H2,1-2H3,(H2,39,49)(H,40,50)(H,41,60)(H,42,61)(H,51,52)(H,53,54)(H,55,56);3-4H2,1-2H3/t27-,28+,30+,31+,32+,36?,41?,42?,43?,44?;18-,20-,21-,22-,26?,32?,33?,34?,35?;/m10./s1/i48-1;38-1;. The maximum Gasteiger partial charge on any atom is 0.305 e. The number of aliphatic hydroxyl groups is 6. The van der Waals surface area contributed by atoms with Gasteiger partial charge in [-0.15, -0.1) is 10.2 Å². The number of ketones is 7. The van der Waals surface area contributed by atoms with Crippen molar-refractivity contribution >= 4 is 124 Å². The molecule has 2 aromatic heterocycles. The fraction of sp³-hybridized carbons (Fsp3) is 0.719. The lowest BCUT2D eigenvalue weighted by molar-refractivity contribution is -0.218. The first-order chi connectivity index (χ1) is 67.8. The molecule has 2 fully saturated rings. The van der Waals surface area contributed by atoms with Crippen LogP contribution in [0.1, 0.15) is 182 Å². The van der Waals surface area contributed by atoms with Gasteiger partial charge in [-0.05, 0) is 63.7 Å². The van der Waals surface area contributed by atoms with Gasteiger partial charge in [0.15, 0.2) is 34.7 Å². The van der Waals surface area contributed by atoms with Crippen LogP contribution in [0.4, 0.5) is 8.78 Å². The van der Waals surface area contributed by atoms with Crippen molar-refractivity contribution in [3.05, 3.63) is 23.8 Å². The summed E-state index contributed by atoms with van der Waals surface area (Å²) in [5.74, 6) is -30.4. The van der Waals surface area contributed by atoms with E-state index in [-0.39, 0.29) is 70.9 Å². The highest BCUT2D eigenvalue weighted by Crippen LogP contribution is 2.29. The molecule has 2 aliphatic rings. The molecule has 4 rings (SSSR count). The number of nitrogens with one attached hydrogen (secondary N) is 7. The third kappa shape index (κ3) is 50.0. The minimum atomic E-state index is -2.12. The molecule has 0 aliphatic carbocycles. The number of aliphatic hydroxyl groups excluding tert-OH is 6. The number of carbonyl (C=O) groups excluding carboxylic acids is 15. The summed E-state index contributed by atoms with van der Waals surface area (Å²) < 4.78 is 59.3. The number of nitrogens with zero attached hydrogens (tertiary/aromatic N) is 6. The van der Waals surface area contributed by atoms with Crippen molar-refractivity contribution in [3.63, 3.8) is 0 Å². The minimum absolute atomic E-state index is 0.0741. The summed E-state index contributed by atoms with van der Waals surface area (Å²) in [5, 5.41) is 152. The van der Waals surface area contributed by atoms with Gasteiger partial charge in [0.25, 0.3) is 0 Å². The van der Waals surface area contributed by atoms with Crippen molar-refractivity contribution in [2.75, 3.05) is 86.3 Å². The maximum atomic E-state index is 13.9. The highest BCUT2D eigenvalue weighted by Gasteiger charge is 2.50. The molecule has 19 atom stereocenters. The van der Waals surface area contributed by atoms with Gasteiger partial charge in [0.05, 0.1) is 133 Å². The molecule has 2 aromatic rings. The van der Waals surface area contributed by atoms with Gasteiger partial charge in [-0.1, -0.05) is 52.0 Å². The van der Waals surface area contributed by atoms with Crippen molar-refractivity contribution in [3.8, 4) is 0 Å². The molecule has 0 spiro atoms. The first-order valence-corrected chi connectivity index (χ1v) is 46.6. The number of amides is 8. The Morgan fingerprint density at radius 1 is 0.424 bits per heavy atom. The number of Topliss-reactive ketones (excluding diaryl/α,β-unsaturated/α-hetero) is 7. The Bertz CT molecular complexity index is 4540. The normalized spacial score (nSPS) is 19.4. The van der Waals surface area contributed by atoms with E-state index in [9.17, 15) is 171 Å². The second-order valence-corrected chi connectivity index (χ2v) is 35.0. The first-order valence-electron chi connectivity index (χ1n) is 46.6. The van der Waals surface area contributed by atoms with Crippen LogP contribution in [-0.2, 0) is 155 Å². The molecule has 0 radical (unpaired) electrons. The van der Waals surface area contributed by atoms with Crippen molar-refractivity contribution in [1.82, 2.24) is 67.2 Å². The van der Waals surface area contributed by atoms with Gasteiger partial charge in [-0.25, -0.2) is 9.36 Å². The summed E-state index contributed by atoms with van der Waals surface area (Å²) in [6, 6.07) is -6.67. The zero-order chi connectivity index (χ0) is 109. The Hall–Kier alpha value is -12.1. The van der Waals surface area contributed by atoms with Crippen LogP contribution in [0.25, 0.3) is 0 Å². The van der Waals surface area contributed by atoms with Crippen LogP contribution >= 0.6 is 0 Å². The van der Waals surface area contributed by atoms with Gasteiger partial charge in [0, 0.05) is 121 Å². The van der Waals surface area contributed by atoms with E-state index in [1.807, 2.05) is 6.92 Å². The van der Waals surface area contributed by atoms with E-state index in [1.54, 1.807) is 14.0 Å². The van der Waals surface area contributed by atoms with Crippen LogP contribution in [0.15, 0.2) is 12.4 Å². The summed E-state index contributed by atoms with van der Waals surface area (Å²) in [6.07, 6.45) is -24.9. The number of aryl methyl sites for hydroxylation is 2. The van der Waals surface area contributed by atoms with Crippen LogP contribution in [0.5, 0.6) is 0 Å². The summed E-state index contributed by atoms with van der Waals surface area (Å²) in [4.78, 5) is 265. The Morgan fingerprint density at radius 3 is 1.13 bits per heavy atom. The molecule has 10 unspecified atom stereocenters. The van der Waals surface area contributed by atoms with Crippen LogP contribution in [0.3, 0.4) is 0 Å². The minimum Gasteiger partial charge on any atom is -0.481 e. The number of halogens is 2. The van der Waals surface area contributed by atoms with Crippen molar-refractivity contribution in [1.29, 1.82) is 0 Å². The van der Waals surface area contributed by atoms with Gasteiger partial charge in [-0.2, -0.15) is 0 Å². The molecule has 21 N–H and O–H groups in total. The number of carbonyl (C=O) groups is 21. The molecule has 53 nitrogen and oxygen atoms in total. The molecular weight excluding hydrogens is 1930 g/mol. The Balaban J connectivity index is 0.000000936. The van der Waals surface area contributed by atoms with E-state index in [1.165, 1.54) is 47.0 Å². The first kappa shape index (κ1) is 128. The van der Waals surface area contributed by atoms with Gasteiger partial charge in [0.2, 0.25) is 47.3 Å². The number of hydrogen-bond donors (Lipinski definition) is 20. The van der Waals surface area contributed by atoms with E-state index < -0.39 is 367 Å². The molecule has 2 saturated heterocycles. The van der Waals surface area contributed by atoms with Gasteiger partial charge >= 0.3 is 35.8 Å². The second-order valence-electron chi connectivity index (χ2n) is 35.0. The summed E-state index contributed by atoms with van der Waals surface area (Å²) in [5.41, 5.74) is 5.91. The van der Waals surface area contributed by atoms with Crippen molar-refractivity contribution in [2.45, 2.75) is 282 Å². The number of nitrogens with two attached hydrogens (primary N) is 1. The van der Waals surface area contributed by atoms with E-state index in [0.717, 1.165) is 22.2 Å². The molecule has 0 saturated carbocycles. The number of primary amides is 1. The largest absolute Gasteiger partial charge is 0.481 e. The Kier molecular flexibility index (Phi) is 60.7. The lowest BCUT2D eigenvalue weighted by Crippen LogP contribution is -2.62. The number of carboxylic acids is 6. The van der Waals surface area contributed by atoms with Crippen molar-refractivity contribution < 1.29 is 199 Å². The van der Waals surface area contributed by atoms with Gasteiger partial charge < -0.3 is 137 Å². The Labute approximate surface area is 825 Å². The smallest absolute Gasteiger partial charge is 0.305 e. The predicted molar refractivity (Wildman–Crippen MR) is 486 cm³/mol. The second kappa shape index (κ2) is 68.3. The topological polar surface area (TPSA) is 828 Å². The molecule has 0 aromatic carbocycles. The van der Waals surface area contributed by atoms with Gasteiger partial charge in [0.1, 0.15) is 79.9 Å². The molecule has 8 amide bonds. The van der Waals surface area contributed by atoms with E-state index in [4.69, 9.17) is 34.2 Å². The quantitative estimate of drug-likeness (QED) is 0.0276. The lowest BCUT2D eigenvalue weighted by atomic mass is 9.86. The highest BCUT2D eigenvalue weighted by molar-refractivity contribution is 6.00. The zero-order valence-electron chi connectivity index (χ0n) is 81.4. The molecule has 2 aliphatic heterocycles. The molecule has 4 heterocycles. The third-order valence-corrected chi connectivity index (χ3v) is 22.3. The van der Waals surface area contributed by atoms with Crippen LogP contribution < -0.4 is 43.0 Å². The average Bonchev–Trinajstić information content (AvgIpc) is 0.941. The maximum absolute atomic E-state index is 13.9. The Morgan fingerprint density at radius 2 is 0.792 bits per heavy atom. The number of carboxylic acid groups (broad SMARTS) is 6. The monoisotopic (exact) mass is 2060 g/mol. The molecule has 812 valence electrons. The van der Waals surface area contributed by atoms with Crippen LogP contribution in [-0.4, -0.2) is 386 Å². The number of hydrogen-bond acceptors (Lipinski definition) is 37.